The number of aryl methyl sites for hydroxylation is 1. The molecule has 0 aliphatic rings. The molecule has 1 unspecified atom stereocenters. The molecule has 0 aliphatic carbocycles. The summed E-state index contributed by atoms with van der Waals surface area (Å²) in [7, 11) is 1.89. The summed E-state index contributed by atoms with van der Waals surface area (Å²) < 4.78 is 23.3. The van der Waals surface area contributed by atoms with E-state index in [0.29, 0.717) is 0 Å². The van der Waals surface area contributed by atoms with E-state index in [0.717, 1.165) is 16.5 Å². The van der Waals surface area contributed by atoms with E-state index in [-0.39, 0.29) is 6.42 Å². The van der Waals surface area contributed by atoms with Crippen molar-refractivity contribution in [2.45, 2.75) is 91.6 Å². The van der Waals surface area contributed by atoms with E-state index in [4.69, 9.17) is 18.9 Å². The number of ether oxygens (including phenoxy) is 4. The number of amides is 2. The highest BCUT2D eigenvalue weighted by Crippen LogP contribution is 2.23. The fraction of sp³-hybridized carbons (Fsp3) is 0.567. The van der Waals surface area contributed by atoms with Gasteiger partial charge in [-0.15, -0.1) is 0 Å². The topological polar surface area (TPSA) is 135 Å². The zero-order chi connectivity index (χ0) is 31.2. The number of aliphatic imine (C=N–C) groups is 1. The number of carbonyl (C=O) groups excluding carboxylic acids is 4. The van der Waals surface area contributed by atoms with Crippen molar-refractivity contribution in [3.63, 3.8) is 0 Å². The Bertz CT molecular complexity index is 1280. The highest BCUT2D eigenvalue weighted by atomic mass is 16.6. The predicted octanol–water partition coefficient (Wildman–Crippen LogP) is 5.12. The van der Waals surface area contributed by atoms with Gasteiger partial charge in [-0.05, 0) is 80.4 Å². The fourth-order valence-corrected chi connectivity index (χ4v) is 3.73. The fourth-order valence-electron chi connectivity index (χ4n) is 3.73. The van der Waals surface area contributed by atoms with Crippen LogP contribution in [-0.2, 0) is 42.0 Å². The molecule has 2 amide bonds. The van der Waals surface area contributed by atoms with Crippen molar-refractivity contribution in [1.29, 1.82) is 0 Å². The summed E-state index contributed by atoms with van der Waals surface area (Å²) in [6.07, 6.45) is 1.50. The molecule has 0 aliphatic heterocycles. The molecule has 2 rings (SSSR count). The van der Waals surface area contributed by atoms with E-state index < -0.39 is 59.5 Å². The molecule has 1 N–H and O–H groups in total. The highest BCUT2D eigenvalue weighted by molar-refractivity contribution is 5.95. The molecular weight excluding hydrogens is 530 g/mol. The van der Waals surface area contributed by atoms with Gasteiger partial charge in [0.2, 0.25) is 0 Å². The van der Waals surface area contributed by atoms with Crippen LogP contribution < -0.4 is 5.32 Å². The molecule has 0 fully saturated rings. The van der Waals surface area contributed by atoms with Crippen LogP contribution in [0.4, 0.5) is 9.59 Å². The van der Waals surface area contributed by atoms with Crippen LogP contribution in [0.1, 0.15) is 67.9 Å². The molecule has 0 saturated carbocycles. The van der Waals surface area contributed by atoms with E-state index >= 15 is 0 Å². The number of fused-ring (bicyclic) bond motifs is 1. The number of carbonyl (C=O) groups is 4. The normalized spacial score (nSPS) is 13.9. The van der Waals surface area contributed by atoms with Gasteiger partial charge in [-0.3, -0.25) is 4.79 Å². The van der Waals surface area contributed by atoms with Crippen LogP contribution in [0.3, 0.4) is 0 Å². The molecule has 1 heterocycles. The average Bonchev–Trinajstić information content (AvgIpc) is 3.11. The lowest BCUT2D eigenvalue weighted by molar-refractivity contribution is -0.161. The van der Waals surface area contributed by atoms with Gasteiger partial charge in [0.1, 0.15) is 23.4 Å². The first-order valence-corrected chi connectivity index (χ1v) is 13.4. The van der Waals surface area contributed by atoms with Crippen molar-refractivity contribution in [3.05, 3.63) is 36.0 Å². The number of esters is 2. The summed E-state index contributed by atoms with van der Waals surface area (Å²) in [5, 5.41) is 3.35. The van der Waals surface area contributed by atoms with E-state index in [1.54, 1.807) is 62.3 Å². The number of nitrogens with zero attached hydrogens (tertiary/aromatic N) is 2. The number of rotatable bonds is 8. The Kier molecular flexibility index (Phi) is 10.7. The standard InChI is InChI=1S/C30H43N3O8/c1-28(2,3)39-25(35)22(32-27(37)41-30(7,8)9)18-38-24(34)19(16-31-26(36)40-29(4,5)6)15-20-17-33(10)23-14-12-11-13-21(20)23/h11-14,16-17,19,22H,15,18H2,1-10H3,(H,32,37)/b31-16-/t19?,22-/m0/s1. The first-order valence-electron chi connectivity index (χ1n) is 13.4. The maximum Gasteiger partial charge on any atom is 0.433 e. The molecule has 0 saturated heterocycles. The van der Waals surface area contributed by atoms with Crippen LogP contribution in [0.25, 0.3) is 10.9 Å². The molecule has 2 aromatic rings. The second kappa shape index (κ2) is 13.2. The Morgan fingerprint density at radius 2 is 1.46 bits per heavy atom. The summed E-state index contributed by atoms with van der Waals surface area (Å²) in [6, 6.07) is 6.35. The zero-order valence-electron chi connectivity index (χ0n) is 25.7. The van der Waals surface area contributed by atoms with Crippen molar-refractivity contribution in [3.8, 4) is 0 Å². The molecule has 1 aromatic heterocycles. The summed E-state index contributed by atoms with van der Waals surface area (Å²) in [5.74, 6) is -2.57. The van der Waals surface area contributed by atoms with E-state index in [1.807, 2.05) is 42.1 Å². The number of hydrogen-bond acceptors (Lipinski definition) is 8. The minimum atomic E-state index is -1.34. The molecule has 11 heteroatoms. The third kappa shape index (κ3) is 11.6. The van der Waals surface area contributed by atoms with E-state index in [1.165, 1.54) is 6.21 Å². The first-order chi connectivity index (χ1) is 18.7. The highest BCUT2D eigenvalue weighted by Gasteiger charge is 2.31. The van der Waals surface area contributed by atoms with Gasteiger partial charge in [0.15, 0.2) is 6.04 Å². The Morgan fingerprint density at radius 1 is 0.878 bits per heavy atom. The maximum absolute atomic E-state index is 13.3. The number of nitrogens with one attached hydrogen (secondary N) is 1. The monoisotopic (exact) mass is 573 g/mol. The predicted molar refractivity (Wildman–Crippen MR) is 155 cm³/mol. The zero-order valence-corrected chi connectivity index (χ0v) is 25.7. The minimum absolute atomic E-state index is 0.156. The SMILES string of the molecule is Cn1cc(CC(/C=N\C(=O)OC(C)(C)C)C(=O)OC[C@H](NC(=O)OC(C)(C)C)C(=O)OC(C)(C)C)c2ccccc21. The van der Waals surface area contributed by atoms with Crippen LogP contribution in [0.5, 0.6) is 0 Å². The minimum Gasteiger partial charge on any atom is -0.462 e. The van der Waals surface area contributed by atoms with Gasteiger partial charge < -0.3 is 28.8 Å². The smallest absolute Gasteiger partial charge is 0.433 e. The average molecular weight is 574 g/mol. The van der Waals surface area contributed by atoms with E-state index in [2.05, 4.69) is 10.3 Å². The van der Waals surface area contributed by atoms with Crippen molar-refractivity contribution in [2.75, 3.05) is 6.61 Å². The number of aromatic nitrogens is 1. The van der Waals surface area contributed by atoms with Crippen molar-refractivity contribution in [1.82, 2.24) is 9.88 Å². The van der Waals surface area contributed by atoms with Crippen molar-refractivity contribution >= 4 is 41.2 Å². The third-order valence-electron chi connectivity index (χ3n) is 5.25. The molecule has 41 heavy (non-hydrogen) atoms. The number of hydrogen-bond donors (Lipinski definition) is 1. The Morgan fingerprint density at radius 3 is 2.05 bits per heavy atom. The summed E-state index contributed by atoms with van der Waals surface area (Å²) in [4.78, 5) is 54.7. The lowest BCUT2D eigenvalue weighted by Gasteiger charge is -2.26. The van der Waals surface area contributed by atoms with Crippen molar-refractivity contribution in [2.24, 2.45) is 18.0 Å². The molecule has 2 atom stereocenters. The van der Waals surface area contributed by atoms with Gasteiger partial charge in [-0.1, -0.05) is 18.2 Å². The summed E-state index contributed by atoms with van der Waals surface area (Å²) in [5.41, 5.74) is -0.651. The number of alkyl carbamates (subject to hydrolysis) is 1. The lowest BCUT2D eigenvalue weighted by Crippen LogP contribution is -2.49. The molecule has 226 valence electrons. The quantitative estimate of drug-likeness (QED) is 0.261. The van der Waals surface area contributed by atoms with Gasteiger partial charge >= 0.3 is 24.1 Å². The Labute approximate surface area is 241 Å². The molecular formula is C30H43N3O8. The first kappa shape index (κ1) is 33.3. The molecule has 11 nitrogen and oxygen atoms in total. The van der Waals surface area contributed by atoms with Crippen molar-refractivity contribution < 1.29 is 38.1 Å². The van der Waals surface area contributed by atoms with Gasteiger partial charge in [-0.25, -0.2) is 14.4 Å². The lowest BCUT2D eigenvalue weighted by atomic mass is 10.00. The number of benzene rings is 1. The van der Waals surface area contributed by atoms with Gasteiger partial charge in [0.05, 0.1) is 5.92 Å². The second-order valence-electron chi connectivity index (χ2n) is 12.7. The van der Waals surface area contributed by atoms with Crippen LogP contribution in [0, 0.1) is 5.92 Å². The van der Waals surface area contributed by atoms with E-state index in [9.17, 15) is 19.2 Å². The van der Waals surface area contributed by atoms with Crippen LogP contribution >= 0.6 is 0 Å². The summed E-state index contributed by atoms with van der Waals surface area (Å²) >= 11 is 0. The molecule has 0 spiro atoms. The van der Waals surface area contributed by atoms with Crippen LogP contribution in [-0.4, -0.2) is 64.4 Å². The number of para-hydroxylation sites is 1. The maximum atomic E-state index is 13.3. The van der Waals surface area contributed by atoms with Crippen LogP contribution in [0.15, 0.2) is 35.5 Å². The molecule has 0 bridgehead atoms. The third-order valence-corrected chi connectivity index (χ3v) is 5.25. The van der Waals surface area contributed by atoms with Gasteiger partial charge in [0.25, 0.3) is 0 Å². The largest absolute Gasteiger partial charge is 0.462 e. The van der Waals surface area contributed by atoms with Gasteiger partial charge in [-0.2, -0.15) is 4.99 Å². The second-order valence-corrected chi connectivity index (χ2v) is 12.7. The molecule has 1 aromatic carbocycles. The van der Waals surface area contributed by atoms with Crippen LogP contribution in [0.2, 0.25) is 0 Å². The summed E-state index contributed by atoms with van der Waals surface area (Å²) in [6.45, 7) is 14.6. The molecule has 0 radical (unpaired) electrons. The van der Waals surface area contributed by atoms with Gasteiger partial charge in [0, 0.05) is 30.4 Å². The Hall–Kier alpha value is -3.89. The Balaban J connectivity index is 2.30.